The molecule has 5 nitrogen and oxygen atoms in total. The summed E-state index contributed by atoms with van der Waals surface area (Å²) in [4.78, 5) is 14.1. The van der Waals surface area contributed by atoms with Crippen molar-refractivity contribution in [2.45, 2.75) is 19.9 Å². The summed E-state index contributed by atoms with van der Waals surface area (Å²) in [6, 6.07) is 16.1. The Bertz CT molecular complexity index is 794. The summed E-state index contributed by atoms with van der Waals surface area (Å²) in [7, 11) is 0. The SMILES string of the molecule is CCOc1ccc(/C=C/C(=O)N[C@@H](C[NH+]2CCOCC2)c2ccc(C)cc2)cc1. The van der Waals surface area contributed by atoms with E-state index in [1.165, 1.54) is 10.5 Å². The van der Waals surface area contributed by atoms with Gasteiger partial charge in [0, 0.05) is 6.08 Å². The third-order valence-electron chi connectivity index (χ3n) is 5.11. The fourth-order valence-electron chi connectivity index (χ4n) is 3.44. The van der Waals surface area contributed by atoms with Crippen molar-refractivity contribution in [3.05, 3.63) is 71.3 Å². The van der Waals surface area contributed by atoms with Gasteiger partial charge in [-0.15, -0.1) is 0 Å². The van der Waals surface area contributed by atoms with Crippen molar-refractivity contribution in [2.75, 3.05) is 39.5 Å². The van der Waals surface area contributed by atoms with Gasteiger partial charge in [-0.3, -0.25) is 4.79 Å². The molecule has 1 heterocycles. The number of rotatable bonds is 8. The van der Waals surface area contributed by atoms with Gasteiger partial charge in [0.25, 0.3) is 0 Å². The number of morpholine rings is 1. The Balaban J connectivity index is 1.65. The van der Waals surface area contributed by atoms with Crippen molar-refractivity contribution in [3.63, 3.8) is 0 Å². The molecule has 29 heavy (non-hydrogen) atoms. The molecule has 1 saturated heterocycles. The number of quaternary nitrogens is 1. The second-order valence-electron chi connectivity index (χ2n) is 7.37. The molecule has 0 aromatic heterocycles. The van der Waals surface area contributed by atoms with Crippen LogP contribution in [0.2, 0.25) is 0 Å². The lowest BCUT2D eigenvalue weighted by Gasteiger charge is -2.28. The first-order chi connectivity index (χ1) is 14.1. The molecular formula is C24H31N2O3+. The summed E-state index contributed by atoms with van der Waals surface area (Å²) in [5, 5.41) is 3.19. The zero-order valence-corrected chi connectivity index (χ0v) is 17.3. The Labute approximate surface area is 173 Å². The fourth-order valence-corrected chi connectivity index (χ4v) is 3.44. The predicted octanol–water partition coefficient (Wildman–Crippen LogP) is 2.18. The number of benzene rings is 2. The highest BCUT2D eigenvalue weighted by atomic mass is 16.5. The van der Waals surface area contributed by atoms with Crippen LogP contribution in [0.4, 0.5) is 0 Å². The summed E-state index contributed by atoms with van der Waals surface area (Å²) < 4.78 is 10.9. The van der Waals surface area contributed by atoms with Crippen LogP contribution in [0, 0.1) is 6.92 Å². The number of hydrogen-bond donors (Lipinski definition) is 2. The molecule has 3 rings (SSSR count). The lowest BCUT2D eigenvalue weighted by molar-refractivity contribution is -0.909. The second kappa shape index (κ2) is 10.8. The fraction of sp³-hybridized carbons (Fsp3) is 0.375. The highest BCUT2D eigenvalue weighted by Gasteiger charge is 2.22. The highest BCUT2D eigenvalue weighted by molar-refractivity contribution is 5.92. The molecule has 0 bridgehead atoms. The maximum atomic E-state index is 12.6. The van der Waals surface area contributed by atoms with E-state index in [2.05, 4.69) is 36.5 Å². The summed E-state index contributed by atoms with van der Waals surface area (Å²) in [6.45, 7) is 9.03. The largest absolute Gasteiger partial charge is 0.494 e. The van der Waals surface area contributed by atoms with Crippen molar-refractivity contribution < 1.29 is 19.2 Å². The van der Waals surface area contributed by atoms with Crippen LogP contribution in [0.5, 0.6) is 5.75 Å². The van der Waals surface area contributed by atoms with Gasteiger partial charge in [-0.05, 0) is 43.2 Å². The first-order valence-electron chi connectivity index (χ1n) is 10.3. The molecule has 1 fully saturated rings. The van der Waals surface area contributed by atoms with Gasteiger partial charge >= 0.3 is 0 Å². The summed E-state index contributed by atoms with van der Waals surface area (Å²) in [5.74, 6) is 0.749. The van der Waals surface area contributed by atoms with Crippen LogP contribution in [-0.4, -0.2) is 45.4 Å². The van der Waals surface area contributed by atoms with Crippen molar-refractivity contribution in [1.82, 2.24) is 5.32 Å². The number of nitrogens with one attached hydrogen (secondary N) is 2. The zero-order valence-electron chi connectivity index (χ0n) is 17.3. The molecule has 1 aliphatic rings. The molecule has 2 aromatic rings. The van der Waals surface area contributed by atoms with E-state index >= 15 is 0 Å². The van der Waals surface area contributed by atoms with Gasteiger partial charge in [-0.1, -0.05) is 42.0 Å². The van der Waals surface area contributed by atoms with E-state index in [0.717, 1.165) is 49.7 Å². The molecule has 0 saturated carbocycles. The van der Waals surface area contributed by atoms with Crippen molar-refractivity contribution in [1.29, 1.82) is 0 Å². The summed E-state index contributed by atoms with van der Waals surface area (Å²) in [5.41, 5.74) is 3.32. The minimum Gasteiger partial charge on any atom is -0.494 e. The zero-order chi connectivity index (χ0) is 20.5. The van der Waals surface area contributed by atoms with Crippen LogP contribution in [0.3, 0.4) is 0 Å². The molecule has 5 heteroatoms. The number of amides is 1. The molecule has 0 radical (unpaired) electrons. The van der Waals surface area contributed by atoms with E-state index in [1.54, 1.807) is 6.08 Å². The lowest BCUT2D eigenvalue weighted by atomic mass is 10.0. The van der Waals surface area contributed by atoms with Gasteiger partial charge in [-0.25, -0.2) is 0 Å². The Hall–Kier alpha value is -2.63. The van der Waals surface area contributed by atoms with Crippen molar-refractivity contribution in [2.24, 2.45) is 0 Å². The maximum absolute atomic E-state index is 12.6. The van der Waals surface area contributed by atoms with E-state index in [9.17, 15) is 4.79 Å². The number of hydrogen-bond acceptors (Lipinski definition) is 3. The average Bonchev–Trinajstić information content (AvgIpc) is 2.74. The predicted molar refractivity (Wildman–Crippen MR) is 115 cm³/mol. The minimum absolute atomic E-state index is 0.0267. The number of carbonyl (C=O) groups excluding carboxylic acids is 1. The minimum atomic E-state index is -0.0860. The summed E-state index contributed by atoms with van der Waals surface area (Å²) >= 11 is 0. The molecule has 0 spiro atoms. The molecular weight excluding hydrogens is 364 g/mol. The first-order valence-corrected chi connectivity index (χ1v) is 10.3. The number of carbonyl (C=O) groups is 1. The van der Waals surface area contributed by atoms with Crippen LogP contribution in [0.1, 0.15) is 29.7 Å². The molecule has 0 aliphatic carbocycles. The van der Waals surface area contributed by atoms with Crippen LogP contribution >= 0.6 is 0 Å². The van der Waals surface area contributed by atoms with Gasteiger partial charge in [0.05, 0.1) is 19.8 Å². The van der Waals surface area contributed by atoms with E-state index < -0.39 is 0 Å². The Morgan fingerprint density at radius 2 is 1.83 bits per heavy atom. The summed E-state index contributed by atoms with van der Waals surface area (Å²) in [6.07, 6.45) is 3.43. The highest BCUT2D eigenvalue weighted by Crippen LogP contribution is 2.14. The molecule has 0 unspecified atom stereocenters. The lowest BCUT2D eigenvalue weighted by Crippen LogP contribution is -3.14. The number of ether oxygens (including phenoxy) is 2. The van der Waals surface area contributed by atoms with Crippen LogP contribution < -0.4 is 15.0 Å². The standard InChI is InChI=1S/C24H30N2O3/c1-3-29-22-11-6-20(7-12-22)8-13-24(27)25-23(18-26-14-16-28-17-15-26)21-9-4-19(2)5-10-21/h4-13,23H,3,14-18H2,1-2H3,(H,25,27)/p+1/b13-8+/t23-/m0/s1. The van der Waals surface area contributed by atoms with Crippen LogP contribution in [0.25, 0.3) is 6.08 Å². The number of aryl methyl sites for hydroxylation is 1. The van der Waals surface area contributed by atoms with Gasteiger partial charge < -0.3 is 19.7 Å². The smallest absolute Gasteiger partial charge is 0.244 e. The van der Waals surface area contributed by atoms with Gasteiger partial charge in [0.2, 0.25) is 5.91 Å². The molecule has 1 aliphatic heterocycles. The maximum Gasteiger partial charge on any atom is 0.244 e. The third-order valence-corrected chi connectivity index (χ3v) is 5.11. The van der Waals surface area contributed by atoms with E-state index in [-0.39, 0.29) is 11.9 Å². The topological polar surface area (TPSA) is 52.0 Å². The second-order valence-corrected chi connectivity index (χ2v) is 7.37. The van der Waals surface area contributed by atoms with E-state index in [1.807, 2.05) is 37.3 Å². The average molecular weight is 396 g/mol. The van der Waals surface area contributed by atoms with Crippen molar-refractivity contribution in [3.8, 4) is 5.75 Å². The third kappa shape index (κ3) is 6.73. The Kier molecular flexibility index (Phi) is 7.85. The monoisotopic (exact) mass is 395 g/mol. The molecule has 154 valence electrons. The van der Waals surface area contributed by atoms with Gasteiger partial charge in [0.15, 0.2) is 0 Å². The Morgan fingerprint density at radius 3 is 2.48 bits per heavy atom. The molecule has 2 N–H and O–H groups in total. The first kappa shape index (κ1) is 21.1. The van der Waals surface area contributed by atoms with Gasteiger partial charge in [0.1, 0.15) is 31.4 Å². The van der Waals surface area contributed by atoms with Crippen molar-refractivity contribution >= 4 is 12.0 Å². The van der Waals surface area contributed by atoms with Gasteiger partial charge in [-0.2, -0.15) is 0 Å². The molecule has 1 amide bonds. The Morgan fingerprint density at radius 1 is 1.14 bits per heavy atom. The normalized spacial score (nSPS) is 15.9. The molecule has 2 aromatic carbocycles. The molecule has 1 atom stereocenters. The van der Waals surface area contributed by atoms with E-state index in [0.29, 0.717) is 6.61 Å². The van der Waals surface area contributed by atoms with Crippen LogP contribution in [-0.2, 0) is 9.53 Å². The quantitative estimate of drug-likeness (QED) is 0.674. The van der Waals surface area contributed by atoms with Crippen LogP contribution in [0.15, 0.2) is 54.6 Å². The van der Waals surface area contributed by atoms with E-state index in [4.69, 9.17) is 9.47 Å².